The first kappa shape index (κ1) is 24.8. The number of halogens is 4. The van der Waals surface area contributed by atoms with Crippen molar-refractivity contribution in [3.05, 3.63) is 52.5 Å². The van der Waals surface area contributed by atoms with Crippen LogP contribution in [0.25, 0.3) is 0 Å². The first-order chi connectivity index (χ1) is 15.2. The Morgan fingerprint density at radius 1 is 1.15 bits per heavy atom. The number of rotatable bonds is 6. The fourth-order valence-corrected chi connectivity index (χ4v) is 5.19. The van der Waals surface area contributed by atoms with Gasteiger partial charge in [-0.25, -0.2) is 8.42 Å². The largest absolute Gasteiger partial charge is 0.486 e. The van der Waals surface area contributed by atoms with E-state index in [2.05, 4.69) is 15.9 Å². The number of alkyl halides is 3. The van der Waals surface area contributed by atoms with E-state index in [-0.39, 0.29) is 11.4 Å². The van der Waals surface area contributed by atoms with E-state index in [1.807, 2.05) is 0 Å². The molecular weight excluding hydrogens is 535 g/mol. The second kappa shape index (κ2) is 8.52. The van der Waals surface area contributed by atoms with Gasteiger partial charge in [-0.2, -0.15) is 13.2 Å². The molecule has 33 heavy (non-hydrogen) atoms. The summed E-state index contributed by atoms with van der Waals surface area (Å²) >= 11 is 3.20. The minimum atomic E-state index is -4.77. The van der Waals surface area contributed by atoms with E-state index in [0.29, 0.717) is 10.5 Å². The molecule has 178 valence electrons. The van der Waals surface area contributed by atoms with Crippen molar-refractivity contribution in [3.63, 3.8) is 0 Å². The monoisotopic (exact) mass is 551 g/mol. The SMILES string of the molecule is CC(CC1CN(S(=O)(=O)c2cccc(C(F)(F)F)c2)c2cc(Br)ccc2O1)(C(=O)O)C(=O)O. The number of carboxylic acid groups (broad SMARTS) is 2. The van der Waals surface area contributed by atoms with Crippen LogP contribution in [-0.2, 0) is 25.8 Å². The molecule has 1 heterocycles. The van der Waals surface area contributed by atoms with E-state index < -0.39 is 63.1 Å². The molecule has 0 bridgehead atoms. The van der Waals surface area contributed by atoms with E-state index in [1.54, 1.807) is 0 Å². The third-order valence-electron chi connectivity index (χ3n) is 5.18. The Morgan fingerprint density at radius 2 is 1.79 bits per heavy atom. The zero-order chi connectivity index (χ0) is 24.8. The van der Waals surface area contributed by atoms with Crippen LogP contribution < -0.4 is 9.04 Å². The molecule has 2 aromatic carbocycles. The molecule has 0 fully saturated rings. The third kappa shape index (κ3) is 4.78. The Bertz CT molecular complexity index is 1200. The van der Waals surface area contributed by atoms with Gasteiger partial charge in [0.15, 0.2) is 5.41 Å². The third-order valence-corrected chi connectivity index (χ3v) is 7.45. The number of carboxylic acids is 2. The highest BCUT2D eigenvalue weighted by atomic mass is 79.9. The molecule has 13 heteroatoms. The average Bonchev–Trinajstić information content (AvgIpc) is 2.72. The molecule has 0 spiro atoms. The maximum absolute atomic E-state index is 13.4. The predicted molar refractivity (Wildman–Crippen MR) is 113 cm³/mol. The molecular formula is C20H17BrF3NO7S. The van der Waals surface area contributed by atoms with Crippen LogP contribution in [0.4, 0.5) is 18.9 Å². The molecule has 1 unspecified atom stereocenters. The number of carbonyl (C=O) groups is 2. The van der Waals surface area contributed by atoms with Gasteiger partial charge in [-0.05, 0) is 43.3 Å². The van der Waals surface area contributed by atoms with E-state index >= 15 is 0 Å². The van der Waals surface area contributed by atoms with Crippen molar-refractivity contribution in [2.75, 3.05) is 10.8 Å². The van der Waals surface area contributed by atoms with Gasteiger partial charge in [0.25, 0.3) is 10.0 Å². The molecule has 0 aromatic heterocycles. The molecule has 0 aliphatic carbocycles. The zero-order valence-corrected chi connectivity index (χ0v) is 19.2. The summed E-state index contributed by atoms with van der Waals surface area (Å²) in [6.45, 7) is 0.446. The Kier molecular flexibility index (Phi) is 6.41. The molecule has 1 atom stereocenters. The van der Waals surface area contributed by atoms with Crippen molar-refractivity contribution in [2.45, 2.75) is 30.5 Å². The first-order valence-corrected chi connectivity index (χ1v) is 11.5. The molecule has 0 amide bonds. The van der Waals surface area contributed by atoms with Gasteiger partial charge in [-0.1, -0.05) is 22.0 Å². The van der Waals surface area contributed by atoms with Gasteiger partial charge >= 0.3 is 18.1 Å². The minimum absolute atomic E-state index is 0.00290. The fourth-order valence-electron chi connectivity index (χ4n) is 3.30. The van der Waals surface area contributed by atoms with Gasteiger partial charge < -0.3 is 14.9 Å². The topological polar surface area (TPSA) is 121 Å². The number of anilines is 1. The van der Waals surface area contributed by atoms with Crippen molar-refractivity contribution >= 4 is 43.6 Å². The highest BCUT2D eigenvalue weighted by molar-refractivity contribution is 9.10. The lowest BCUT2D eigenvalue weighted by molar-refractivity contribution is -0.165. The number of benzene rings is 2. The van der Waals surface area contributed by atoms with Crippen LogP contribution >= 0.6 is 15.9 Å². The smallest absolute Gasteiger partial charge is 0.416 e. The van der Waals surface area contributed by atoms with Crippen LogP contribution in [0.1, 0.15) is 18.9 Å². The Balaban J connectivity index is 2.09. The number of hydrogen-bond donors (Lipinski definition) is 2. The number of fused-ring (bicyclic) bond motifs is 1. The van der Waals surface area contributed by atoms with Gasteiger partial charge in [0.1, 0.15) is 11.9 Å². The van der Waals surface area contributed by atoms with Crippen LogP contribution in [-0.4, -0.2) is 43.2 Å². The number of ether oxygens (including phenoxy) is 1. The van der Waals surface area contributed by atoms with Crippen LogP contribution in [0.2, 0.25) is 0 Å². The second-order valence-electron chi connectivity index (χ2n) is 7.56. The average molecular weight is 552 g/mol. The summed E-state index contributed by atoms with van der Waals surface area (Å²) in [6.07, 6.45) is -6.58. The maximum atomic E-state index is 13.4. The molecule has 8 nitrogen and oxygen atoms in total. The van der Waals surface area contributed by atoms with Crippen LogP contribution in [0.3, 0.4) is 0 Å². The van der Waals surface area contributed by atoms with E-state index in [4.69, 9.17) is 4.74 Å². The number of hydrogen-bond acceptors (Lipinski definition) is 5. The molecule has 0 saturated carbocycles. The maximum Gasteiger partial charge on any atom is 0.416 e. The van der Waals surface area contributed by atoms with Gasteiger partial charge in [0.05, 0.1) is 22.7 Å². The lowest BCUT2D eigenvalue weighted by Gasteiger charge is -2.37. The molecule has 0 saturated heterocycles. The molecule has 3 rings (SSSR count). The summed E-state index contributed by atoms with van der Waals surface area (Å²) in [5.41, 5.74) is -3.44. The van der Waals surface area contributed by atoms with Crippen LogP contribution in [0.5, 0.6) is 5.75 Å². The van der Waals surface area contributed by atoms with Gasteiger partial charge in [-0.15, -0.1) is 0 Å². The highest BCUT2D eigenvalue weighted by Gasteiger charge is 2.46. The van der Waals surface area contributed by atoms with Crippen molar-refractivity contribution in [1.82, 2.24) is 0 Å². The fraction of sp³-hybridized carbons (Fsp3) is 0.300. The Hall–Kier alpha value is -2.80. The van der Waals surface area contributed by atoms with E-state index in [1.165, 1.54) is 18.2 Å². The van der Waals surface area contributed by atoms with Crippen LogP contribution in [0, 0.1) is 5.41 Å². The quantitative estimate of drug-likeness (QED) is 0.520. The summed E-state index contributed by atoms with van der Waals surface area (Å²) in [5.74, 6) is -3.29. The number of sulfonamides is 1. The zero-order valence-electron chi connectivity index (χ0n) is 16.8. The Labute approximate surface area is 194 Å². The predicted octanol–water partition coefficient (Wildman–Crippen LogP) is 3.99. The standard InChI is InChI=1S/C20H17BrF3NO7S/c1-19(17(26)27,18(28)29)9-13-10-25(15-8-12(21)5-6-16(15)32-13)33(30,31)14-4-2-3-11(7-14)20(22,23)24/h2-8,13H,9-10H2,1H3,(H,26,27)(H,28,29). The summed E-state index contributed by atoms with van der Waals surface area (Å²) < 4.78 is 73.1. The first-order valence-electron chi connectivity index (χ1n) is 9.29. The lowest BCUT2D eigenvalue weighted by atomic mass is 9.84. The van der Waals surface area contributed by atoms with Gasteiger partial charge in [-0.3, -0.25) is 13.9 Å². The minimum Gasteiger partial charge on any atom is -0.486 e. The lowest BCUT2D eigenvalue weighted by Crippen LogP contribution is -2.48. The molecule has 1 aliphatic heterocycles. The summed E-state index contributed by atoms with van der Waals surface area (Å²) in [7, 11) is -4.57. The van der Waals surface area contributed by atoms with Crippen molar-refractivity contribution in [1.29, 1.82) is 0 Å². The molecule has 2 aromatic rings. The van der Waals surface area contributed by atoms with Gasteiger partial charge in [0.2, 0.25) is 0 Å². The van der Waals surface area contributed by atoms with Crippen molar-refractivity contribution in [2.24, 2.45) is 5.41 Å². The number of nitrogens with zero attached hydrogens (tertiary/aromatic N) is 1. The summed E-state index contributed by atoms with van der Waals surface area (Å²) in [5, 5.41) is 18.8. The molecule has 0 radical (unpaired) electrons. The highest BCUT2D eigenvalue weighted by Crippen LogP contribution is 2.41. The molecule has 1 aliphatic rings. The molecule has 2 N–H and O–H groups in total. The normalized spacial score (nSPS) is 16.6. The van der Waals surface area contributed by atoms with E-state index in [9.17, 15) is 41.4 Å². The van der Waals surface area contributed by atoms with Gasteiger partial charge in [0, 0.05) is 10.9 Å². The van der Waals surface area contributed by atoms with E-state index in [0.717, 1.165) is 29.4 Å². The summed E-state index contributed by atoms with van der Waals surface area (Å²) in [6, 6.07) is 7.48. The summed E-state index contributed by atoms with van der Waals surface area (Å²) in [4.78, 5) is 22.5. The Morgan fingerprint density at radius 3 is 2.36 bits per heavy atom. The van der Waals surface area contributed by atoms with Crippen molar-refractivity contribution in [3.8, 4) is 5.75 Å². The number of aliphatic carboxylic acids is 2. The van der Waals surface area contributed by atoms with Crippen molar-refractivity contribution < 1.29 is 46.1 Å². The second-order valence-corrected chi connectivity index (χ2v) is 10.3. The van der Waals surface area contributed by atoms with Crippen LogP contribution in [0.15, 0.2) is 51.8 Å².